The van der Waals surface area contributed by atoms with E-state index in [0.29, 0.717) is 12.5 Å². The maximum atomic E-state index is 11.8. The standard InChI is InChI=1S/C20H29N3O2/c1-16(2)6-5-11-22-20(24)25-19-9-12-23(13-10-19)15-18-8-4-3-7-17(18)14-21/h3-4,7-8,16,19H,5-6,9-13,15H2,1-2H3,(H,22,24). The van der Waals surface area contributed by atoms with E-state index in [1.165, 1.54) is 0 Å². The van der Waals surface area contributed by atoms with Gasteiger partial charge in [0.1, 0.15) is 6.10 Å². The first-order valence-corrected chi connectivity index (χ1v) is 9.23. The summed E-state index contributed by atoms with van der Waals surface area (Å²) in [5.74, 6) is 0.660. The van der Waals surface area contributed by atoms with Crippen LogP contribution in [-0.2, 0) is 11.3 Å². The molecule has 1 N–H and O–H groups in total. The van der Waals surface area contributed by atoms with Crippen LogP contribution in [0, 0.1) is 17.2 Å². The molecule has 5 heteroatoms. The van der Waals surface area contributed by atoms with E-state index in [-0.39, 0.29) is 12.2 Å². The largest absolute Gasteiger partial charge is 0.446 e. The highest BCUT2D eigenvalue weighted by molar-refractivity contribution is 5.67. The highest BCUT2D eigenvalue weighted by Gasteiger charge is 2.22. The first-order chi connectivity index (χ1) is 12.1. The summed E-state index contributed by atoms with van der Waals surface area (Å²) in [5, 5.41) is 12.0. The Morgan fingerprint density at radius 3 is 2.76 bits per heavy atom. The van der Waals surface area contributed by atoms with E-state index in [9.17, 15) is 10.1 Å². The number of benzene rings is 1. The predicted molar refractivity (Wildman–Crippen MR) is 98.0 cm³/mol. The summed E-state index contributed by atoms with van der Waals surface area (Å²) < 4.78 is 5.51. The van der Waals surface area contributed by atoms with Crippen molar-refractivity contribution in [3.05, 3.63) is 35.4 Å². The highest BCUT2D eigenvalue weighted by Crippen LogP contribution is 2.18. The Hall–Kier alpha value is -2.06. The number of rotatable bonds is 7. The predicted octanol–water partition coefficient (Wildman–Crippen LogP) is 3.69. The zero-order valence-corrected chi connectivity index (χ0v) is 15.3. The van der Waals surface area contributed by atoms with Crippen LogP contribution >= 0.6 is 0 Å². The van der Waals surface area contributed by atoms with Crippen molar-refractivity contribution in [3.63, 3.8) is 0 Å². The minimum atomic E-state index is -0.294. The Balaban J connectivity index is 1.67. The molecule has 0 unspecified atom stereocenters. The van der Waals surface area contributed by atoms with Gasteiger partial charge in [0, 0.05) is 26.2 Å². The van der Waals surface area contributed by atoms with Crippen LogP contribution in [0.4, 0.5) is 4.79 Å². The molecule has 1 saturated heterocycles. The summed E-state index contributed by atoms with van der Waals surface area (Å²) in [5.41, 5.74) is 1.80. The molecule has 2 rings (SSSR count). The van der Waals surface area contributed by atoms with Crippen LogP contribution in [-0.4, -0.2) is 36.7 Å². The maximum Gasteiger partial charge on any atom is 0.407 e. The molecule has 1 aromatic carbocycles. The van der Waals surface area contributed by atoms with Gasteiger partial charge >= 0.3 is 6.09 Å². The van der Waals surface area contributed by atoms with E-state index in [1.807, 2.05) is 24.3 Å². The minimum Gasteiger partial charge on any atom is -0.446 e. The van der Waals surface area contributed by atoms with Crippen LogP contribution < -0.4 is 5.32 Å². The number of carbonyl (C=O) groups is 1. The molecule has 5 nitrogen and oxygen atoms in total. The highest BCUT2D eigenvalue weighted by atomic mass is 16.6. The van der Waals surface area contributed by atoms with Crippen molar-refractivity contribution < 1.29 is 9.53 Å². The number of nitrogens with zero attached hydrogens (tertiary/aromatic N) is 2. The molecule has 0 saturated carbocycles. The molecule has 1 heterocycles. The van der Waals surface area contributed by atoms with Gasteiger partial charge in [-0.05, 0) is 43.2 Å². The van der Waals surface area contributed by atoms with Crippen molar-refractivity contribution >= 4 is 6.09 Å². The summed E-state index contributed by atoms with van der Waals surface area (Å²) in [6, 6.07) is 9.97. The number of ether oxygens (including phenoxy) is 1. The molecule has 1 aliphatic heterocycles. The van der Waals surface area contributed by atoms with Crippen molar-refractivity contribution in [2.75, 3.05) is 19.6 Å². The number of alkyl carbamates (subject to hydrolysis) is 1. The molecule has 0 radical (unpaired) electrons. The molecule has 1 fully saturated rings. The minimum absolute atomic E-state index is 0.00689. The number of hydrogen-bond acceptors (Lipinski definition) is 4. The third-order valence-electron chi connectivity index (χ3n) is 4.57. The lowest BCUT2D eigenvalue weighted by Crippen LogP contribution is -2.39. The van der Waals surface area contributed by atoms with Gasteiger partial charge < -0.3 is 10.1 Å². The maximum absolute atomic E-state index is 11.8. The number of likely N-dealkylation sites (tertiary alicyclic amines) is 1. The number of piperidine rings is 1. The molecular weight excluding hydrogens is 314 g/mol. The molecule has 0 aliphatic carbocycles. The van der Waals surface area contributed by atoms with Gasteiger partial charge in [-0.3, -0.25) is 4.90 Å². The van der Waals surface area contributed by atoms with Gasteiger partial charge in [0.15, 0.2) is 0 Å². The lowest BCUT2D eigenvalue weighted by molar-refractivity contribution is 0.0487. The number of amides is 1. The molecule has 1 aliphatic rings. The van der Waals surface area contributed by atoms with Crippen LogP contribution in [0.1, 0.15) is 50.7 Å². The quantitative estimate of drug-likeness (QED) is 0.767. The third-order valence-corrected chi connectivity index (χ3v) is 4.57. The molecule has 1 aromatic rings. The Labute approximate surface area is 151 Å². The van der Waals surface area contributed by atoms with E-state index in [1.54, 1.807) is 0 Å². The second kappa shape index (κ2) is 10.0. The fraction of sp³-hybridized carbons (Fsp3) is 0.600. The molecule has 0 spiro atoms. The summed E-state index contributed by atoms with van der Waals surface area (Å²) >= 11 is 0. The average Bonchev–Trinajstić information content (AvgIpc) is 2.61. The Kier molecular flexibility index (Phi) is 7.75. The molecule has 0 atom stereocenters. The topological polar surface area (TPSA) is 65.4 Å². The van der Waals surface area contributed by atoms with Gasteiger partial charge in [-0.15, -0.1) is 0 Å². The van der Waals surface area contributed by atoms with Gasteiger partial charge in [0.25, 0.3) is 0 Å². The van der Waals surface area contributed by atoms with E-state index in [0.717, 1.165) is 56.4 Å². The van der Waals surface area contributed by atoms with Crippen LogP contribution in [0.25, 0.3) is 0 Å². The Morgan fingerprint density at radius 2 is 2.08 bits per heavy atom. The van der Waals surface area contributed by atoms with Crippen LogP contribution in [0.15, 0.2) is 24.3 Å². The fourth-order valence-corrected chi connectivity index (χ4v) is 3.09. The van der Waals surface area contributed by atoms with Crippen molar-refractivity contribution in [2.24, 2.45) is 5.92 Å². The smallest absolute Gasteiger partial charge is 0.407 e. The van der Waals surface area contributed by atoms with E-state index >= 15 is 0 Å². The summed E-state index contributed by atoms with van der Waals surface area (Å²) in [4.78, 5) is 14.1. The van der Waals surface area contributed by atoms with Crippen molar-refractivity contribution in [1.82, 2.24) is 10.2 Å². The number of nitriles is 1. The number of nitrogens with one attached hydrogen (secondary N) is 1. The van der Waals surface area contributed by atoms with Gasteiger partial charge in [-0.25, -0.2) is 4.79 Å². The molecule has 0 aromatic heterocycles. The van der Waals surface area contributed by atoms with Crippen LogP contribution in [0.2, 0.25) is 0 Å². The zero-order chi connectivity index (χ0) is 18.1. The number of carbonyl (C=O) groups excluding carboxylic acids is 1. The lowest BCUT2D eigenvalue weighted by atomic mass is 10.0. The van der Waals surface area contributed by atoms with Gasteiger partial charge in [-0.2, -0.15) is 5.26 Å². The van der Waals surface area contributed by atoms with E-state index < -0.39 is 0 Å². The summed E-state index contributed by atoms with van der Waals surface area (Å²) in [6.07, 6.45) is 3.49. The molecule has 25 heavy (non-hydrogen) atoms. The monoisotopic (exact) mass is 343 g/mol. The van der Waals surface area contributed by atoms with E-state index in [4.69, 9.17) is 4.74 Å². The first kappa shape index (κ1) is 19.3. The van der Waals surface area contributed by atoms with Gasteiger partial charge in [0.05, 0.1) is 11.6 Å². The summed E-state index contributed by atoms with van der Waals surface area (Å²) in [6.45, 7) is 7.58. The first-order valence-electron chi connectivity index (χ1n) is 9.23. The molecule has 136 valence electrons. The Morgan fingerprint density at radius 1 is 1.36 bits per heavy atom. The molecular formula is C20H29N3O2. The lowest BCUT2D eigenvalue weighted by Gasteiger charge is -2.31. The summed E-state index contributed by atoms with van der Waals surface area (Å²) in [7, 11) is 0. The average molecular weight is 343 g/mol. The second-order valence-corrected chi connectivity index (χ2v) is 7.11. The van der Waals surface area contributed by atoms with Gasteiger partial charge in [-0.1, -0.05) is 32.0 Å². The Bertz CT molecular complexity index is 587. The molecule has 1 amide bonds. The number of hydrogen-bond donors (Lipinski definition) is 1. The third kappa shape index (κ3) is 6.75. The molecule has 0 bridgehead atoms. The van der Waals surface area contributed by atoms with Crippen LogP contribution in [0.3, 0.4) is 0 Å². The fourth-order valence-electron chi connectivity index (χ4n) is 3.09. The van der Waals surface area contributed by atoms with Gasteiger partial charge in [0.2, 0.25) is 0 Å². The zero-order valence-electron chi connectivity index (χ0n) is 15.3. The normalized spacial score (nSPS) is 15.8. The van der Waals surface area contributed by atoms with Crippen molar-refractivity contribution in [3.8, 4) is 6.07 Å². The van der Waals surface area contributed by atoms with E-state index in [2.05, 4.69) is 30.1 Å². The van der Waals surface area contributed by atoms with Crippen molar-refractivity contribution in [1.29, 1.82) is 5.26 Å². The second-order valence-electron chi connectivity index (χ2n) is 7.11. The van der Waals surface area contributed by atoms with Crippen LogP contribution in [0.5, 0.6) is 0 Å². The van der Waals surface area contributed by atoms with Crippen molar-refractivity contribution in [2.45, 2.75) is 52.2 Å². The SMILES string of the molecule is CC(C)CCCNC(=O)OC1CCN(Cc2ccccc2C#N)CC1.